The maximum absolute atomic E-state index is 13.0. The molecule has 0 bridgehead atoms. The molecule has 7 nitrogen and oxygen atoms in total. The molecule has 0 atom stereocenters. The normalized spacial score (nSPS) is 18.0. The van der Waals surface area contributed by atoms with E-state index in [1.54, 1.807) is 0 Å². The standard InChI is InChI=1S/C28H26N6O/c1-32(2)24-13-23(14-24)31-28(35)20-7-8-25-22(11-20)17-33-16-21(19-5-3-18(15-29)4-6-19)12-26(33)27-30-9-10-34(25)27/h3-12,16,23-24H,13-14,17H2,1-2H3,(H,31,35). The molecule has 3 heterocycles. The Labute approximate surface area is 204 Å². The minimum absolute atomic E-state index is 0.0175. The Bertz CT molecular complexity index is 1460. The molecule has 6 rings (SSSR count). The smallest absolute Gasteiger partial charge is 0.251 e. The van der Waals surface area contributed by atoms with Crippen LogP contribution in [0.25, 0.3) is 28.3 Å². The average molecular weight is 463 g/mol. The van der Waals surface area contributed by atoms with E-state index >= 15 is 0 Å². The first-order valence-corrected chi connectivity index (χ1v) is 11.8. The molecule has 1 amide bonds. The van der Waals surface area contributed by atoms with Crippen molar-refractivity contribution in [1.82, 2.24) is 24.3 Å². The SMILES string of the molecule is CN(C)C1CC(NC(=O)c2ccc3c(c2)Cn2cc(-c4ccc(C#N)cc4)cc2-c2nccn2-3)C1. The Morgan fingerprint density at radius 2 is 1.91 bits per heavy atom. The summed E-state index contributed by atoms with van der Waals surface area (Å²) in [7, 11) is 4.17. The van der Waals surface area contributed by atoms with E-state index in [2.05, 4.69) is 56.8 Å². The molecule has 7 heteroatoms. The first kappa shape index (κ1) is 21.4. The summed E-state index contributed by atoms with van der Waals surface area (Å²) in [5.74, 6) is 0.848. The molecule has 1 aliphatic heterocycles. The molecule has 174 valence electrons. The lowest BCUT2D eigenvalue weighted by Crippen LogP contribution is -2.51. The molecule has 2 aromatic carbocycles. The van der Waals surface area contributed by atoms with Crippen molar-refractivity contribution in [3.05, 3.63) is 83.8 Å². The van der Waals surface area contributed by atoms with Crippen LogP contribution in [0.4, 0.5) is 0 Å². The average Bonchev–Trinajstić information content (AvgIpc) is 3.46. The van der Waals surface area contributed by atoms with Crippen molar-refractivity contribution >= 4 is 5.91 Å². The summed E-state index contributed by atoms with van der Waals surface area (Å²) in [6.45, 7) is 0.636. The van der Waals surface area contributed by atoms with E-state index < -0.39 is 0 Å². The summed E-state index contributed by atoms with van der Waals surface area (Å²) in [6, 6.07) is 18.6. The molecule has 1 N–H and O–H groups in total. The van der Waals surface area contributed by atoms with Gasteiger partial charge in [0.15, 0.2) is 5.82 Å². The number of hydrogen-bond acceptors (Lipinski definition) is 4. The number of nitrogens with one attached hydrogen (secondary N) is 1. The molecule has 0 radical (unpaired) electrons. The van der Waals surface area contributed by atoms with Gasteiger partial charge in [0, 0.05) is 48.3 Å². The second-order valence-electron chi connectivity index (χ2n) is 9.65. The Kier molecular flexibility index (Phi) is 5.05. The first-order valence-electron chi connectivity index (χ1n) is 11.8. The van der Waals surface area contributed by atoms with Crippen LogP contribution in [0.15, 0.2) is 67.1 Å². The highest BCUT2D eigenvalue weighted by atomic mass is 16.1. The van der Waals surface area contributed by atoms with Gasteiger partial charge in [0.25, 0.3) is 5.91 Å². The number of hydrogen-bond donors (Lipinski definition) is 1. The zero-order valence-corrected chi connectivity index (χ0v) is 19.8. The lowest BCUT2D eigenvalue weighted by Gasteiger charge is -2.39. The molecule has 0 unspecified atom stereocenters. The topological polar surface area (TPSA) is 78.9 Å². The molecule has 0 spiro atoms. The van der Waals surface area contributed by atoms with E-state index in [1.165, 1.54) is 0 Å². The van der Waals surface area contributed by atoms with Crippen LogP contribution in [0.1, 0.15) is 34.3 Å². The quantitative estimate of drug-likeness (QED) is 0.437. The van der Waals surface area contributed by atoms with Gasteiger partial charge in [0.2, 0.25) is 0 Å². The summed E-state index contributed by atoms with van der Waals surface area (Å²) in [5.41, 5.74) is 6.56. The highest BCUT2D eigenvalue weighted by molar-refractivity contribution is 5.95. The predicted octanol–water partition coefficient (Wildman–Crippen LogP) is 4.06. The van der Waals surface area contributed by atoms with Crippen molar-refractivity contribution in [1.29, 1.82) is 5.26 Å². The fourth-order valence-electron chi connectivity index (χ4n) is 5.08. The molecule has 35 heavy (non-hydrogen) atoms. The molecular weight excluding hydrogens is 436 g/mol. The van der Waals surface area contributed by atoms with Crippen molar-refractivity contribution in [2.45, 2.75) is 31.5 Å². The maximum atomic E-state index is 13.0. The maximum Gasteiger partial charge on any atom is 0.251 e. The van der Waals surface area contributed by atoms with Gasteiger partial charge >= 0.3 is 0 Å². The number of nitrogens with zero attached hydrogens (tertiary/aromatic N) is 5. The van der Waals surface area contributed by atoms with Crippen molar-refractivity contribution < 1.29 is 4.79 Å². The van der Waals surface area contributed by atoms with Gasteiger partial charge in [-0.3, -0.25) is 9.36 Å². The van der Waals surface area contributed by atoms with E-state index in [0.717, 1.165) is 46.7 Å². The largest absolute Gasteiger partial charge is 0.349 e. The van der Waals surface area contributed by atoms with Crippen LogP contribution in [0.3, 0.4) is 0 Å². The molecule has 0 saturated heterocycles. The third-order valence-electron chi connectivity index (χ3n) is 7.23. The van der Waals surface area contributed by atoms with Crippen molar-refractivity contribution in [3.8, 4) is 34.4 Å². The zero-order valence-electron chi connectivity index (χ0n) is 19.8. The number of nitriles is 1. The van der Waals surface area contributed by atoms with Crippen LogP contribution in [0.5, 0.6) is 0 Å². The second kappa shape index (κ2) is 8.26. The number of aromatic nitrogens is 3. The minimum Gasteiger partial charge on any atom is -0.349 e. The molecule has 1 aliphatic carbocycles. The van der Waals surface area contributed by atoms with Crippen molar-refractivity contribution in [3.63, 3.8) is 0 Å². The fraction of sp³-hybridized carbons (Fsp3) is 0.250. The molecular formula is C28H26N6O. The zero-order chi connectivity index (χ0) is 24.1. The Morgan fingerprint density at radius 1 is 1.11 bits per heavy atom. The van der Waals surface area contributed by atoms with Crippen LogP contribution in [-0.2, 0) is 6.54 Å². The Morgan fingerprint density at radius 3 is 2.66 bits per heavy atom. The molecule has 1 saturated carbocycles. The van der Waals surface area contributed by atoms with Crippen molar-refractivity contribution in [2.24, 2.45) is 0 Å². The van der Waals surface area contributed by atoms with E-state index in [-0.39, 0.29) is 11.9 Å². The summed E-state index contributed by atoms with van der Waals surface area (Å²) in [6.07, 6.45) is 7.88. The number of carbonyl (C=O) groups is 1. The van der Waals surface area contributed by atoms with Gasteiger partial charge in [-0.05, 0) is 74.5 Å². The van der Waals surface area contributed by atoms with Gasteiger partial charge in [-0.15, -0.1) is 0 Å². The number of amides is 1. The third-order valence-corrected chi connectivity index (χ3v) is 7.23. The van der Waals surface area contributed by atoms with Gasteiger partial charge < -0.3 is 14.8 Å². The number of rotatable bonds is 4. The van der Waals surface area contributed by atoms with Crippen LogP contribution >= 0.6 is 0 Å². The van der Waals surface area contributed by atoms with E-state index in [0.29, 0.717) is 23.7 Å². The van der Waals surface area contributed by atoms with Crippen LogP contribution in [-0.4, -0.2) is 51.1 Å². The highest BCUT2D eigenvalue weighted by Crippen LogP contribution is 2.34. The van der Waals surface area contributed by atoms with Gasteiger partial charge in [0.1, 0.15) is 0 Å². The van der Waals surface area contributed by atoms with Crippen LogP contribution in [0.2, 0.25) is 0 Å². The molecule has 2 aliphatic rings. The lowest BCUT2D eigenvalue weighted by molar-refractivity contribution is 0.0854. The van der Waals surface area contributed by atoms with E-state index in [1.807, 2.05) is 54.9 Å². The monoisotopic (exact) mass is 462 g/mol. The predicted molar refractivity (Wildman–Crippen MR) is 134 cm³/mol. The summed E-state index contributed by atoms with van der Waals surface area (Å²) >= 11 is 0. The third kappa shape index (κ3) is 3.72. The highest BCUT2D eigenvalue weighted by Gasteiger charge is 2.32. The molecule has 1 fully saturated rings. The minimum atomic E-state index is -0.0175. The van der Waals surface area contributed by atoms with Gasteiger partial charge in [-0.25, -0.2) is 4.98 Å². The number of benzene rings is 2. The lowest BCUT2D eigenvalue weighted by atomic mass is 9.86. The summed E-state index contributed by atoms with van der Waals surface area (Å²) < 4.78 is 4.28. The van der Waals surface area contributed by atoms with Gasteiger partial charge in [0.05, 0.1) is 23.0 Å². The van der Waals surface area contributed by atoms with Crippen molar-refractivity contribution in [2.75, 3.05) is 14.1 Å². The van der Waals surface area contributed by atoms with Crippen LogP contribution < -0.4 is 5.32 Å². The van der Waals surface area contributed by atoms with Crippen LogP contribution in [0, 0.1) is 11.3 Å². The molecule has 4 aromatic rings. The first-order chi connectivity index (χ1) is 17.0. The summed E-state index contributed by atoms with van der Waals surface area (Å²) in [4.78, 5) is 19.9. The summed E-state index contributed by atoms with van der Waals surface area (Å²) in [5, 5.41) is 12.3. The second-order valence-corrected chi connectivity index (χ2v) is 9.65. The molecule has 2 aromatic heterocycles. The van der Waals surface area contributed by atoms with Gasteiger partial charge in [-0.1, -0.05) is 12.1 Å². The number of fused-ring (bicyclic) bond motifs is 5. The Balaban J connectivity index is 1.32. The van der Waals surface area contributed by atoms with E-state index in [9.17, 15) is 4.79 Å². The fourth-order valence-corrected chi connectivity index (χ4v) is 5.08. The van der Waals surface area contributed by atoms with Gasteiger partial charge in [-0.2, -0.15) is 5.26 Å². The number of imidazole rings is 1. The number of carbonyl (C=O) groups excluding carboxylic acids is 1. The van der Waals surface area contributed by atoms with E-state index in [4.69, 9.17) is 5.26 Å². The Hall–Kier alpha value is -4.15.